The maximum absolute atomic E-state index is 12.2. The number of aromatic nitrogens is 1. The number of ether oxygens (including phenoxy) is 1. The Morgan fingerprint density at radius 1 is 1.23 bits per heavy atom. The van der Waals surface area contributed by atoms with Gasteiger partial charge >= 0.3 is 5.97 Å². The highest BCUT2D eigenvalue weighted by atomic mass is 35.5. The van der Waals surface area contributed by atoms with Gasteiger partial charge in [-0.1, -0.05) is 23.7 Å². The highest BCUT2D eigenvalue weighted by molar-refractivity contribution is 6.30. The predicted octanol–water partition coefficient (Wildman–Crippen LogP) is 3.37. The van der Waals surface area contributed by atoms with Crippen LogP contribution in [0.3, 0.4) is 0 Å². The summed E-state index contributed by atoms with van der Waals surface area (Å²) < 4.78 is 5.09. The van der Waals surface area contributed by atoms with E-state index in [4.69, 9.17) is 16.3 Å². The van der Waals surface area contributed by atoms with E-state index in [0.717, 1.165) is 5.56 Å². The van der Waals surface area contributed by atoms with E-state index in [1.54, 1.807) is 32.9 Å². The van der Waals surface area contributed by atoms with E-state index in [-0.39, 0.29) is 11.7 Å². The van der Waals surface area contributed by atoms with Crippen molar-refractivity contribution in [3.63, 3.8) is 0 Å². The summed E-state index contributed by atoms with van der Waals surface area (Å²) in [6, 6.07) is 6.89. The third kappa shape index (κ3) is 4.65. The molecule has 2 aromatic rings. The summed E-state index contributed by atoms with van der Waals surface area (Å²) in [7, 11) is 0. The minimum Gasteiger partial charge on any atom is -0.451 e. The van der Waals surface area contributed by atoms with Gasteiger partial charge < -0.3 is 20.1 Å². The van der Waals surface area contributed by atoms with Crippen LogP contribution in [0.2, 0.25) is 5.02 Å². The van der Waals surface area contributed by atoms with Crippen LogP contribution in [-0.2, 0) is 9.53 Å². The average Bonchev–Trinajstić information content (AvgIpc) is 2.87. The summed E-state index contributed by atoms with van der Waals surface area (Å²) >= 11 is 5.85. The van der Waals surface area contributed by atoms with Crippen LogP contribution in [0.4, 0.5) is 0 Å². The van der Waals surface area contributed by atoms with Gasteiger partial charge in [0.25, 0.3) is 5.91 Å². The monoisotopic (exact) mass is 378 g/mol. The number of nitrogens with one attached hydrogen (secondary N) is 2. The third-order valence-corrected chi connectivity index (χ3v) is 4.45. The maximum atomic E-state index is 12.2. The third-order valence-electron chi connectivity index (χ3n) is 4.20. The number of hydrogen-bond donors (Lipinski definition) is 3. The molecule has 0 saturated carbocycles. The molecule has 6 nitrogen and oxygen atoms in total. The molecule has 0 bridgehead atoms. The van der Waals surface area contributed by atoms with Gasteiger partial charge in [-0.15, -0.1) is 0 Å². The summed E-state index contributed by atoms with van der Waals surface area (Å²) in [5, 5.41) is 13.2. The molecule has 0 fully saturated rings. The number of rotatable bonds is 6. The molecule has 0 aliphatic rings. The van der Waals surface area contributed by atoms with Gasteiger partial charge in [-0.2, -0.15) is 0 Å². The Morgan fingerprint density at radius 3 is 2.38 bits per heavy atom. The van der Waals surface area contributed by atoms with E-state index in [1.807, 2.05) is 19.1 Å². The number of hydrogen-bond acceptors (Lipinski definition) is 4. The quantitative estimate of drug-likeness (QED) is 0.672. The summed E-state index contributed by atoms with van der Waals surface area (Å²) in [6.07, 6.45) is -0.698. The van der Waals surface area contributed by atoms with Crippen molar-refractivity contribution in [1.29, 1.82) is 0 Å². The van der Waals surface area contributed by atoms with Crippen LogP contribution in [0.1, 0.15) is 58.9 Å². The van der Waals surface area contributed by atoms with Gasteiger partial charge in [0.2, 0.25) is 0 Å². The number of aryl methyl sites for hydroxylation is 1. The molecule has 0 aliphatic carbocycles. The number of aromatic amines is 1. The van der Waals surface area contributed by atoms with Crippen LogP contribution in [0, 0.1) is 13.8 Å². The largest absolute Gasteiger partial charge is 0.451 e. The Kier molecular flexibility index (Phi) is 6.45. The Labute approximate surface area is 157 Å². The van der Waals surface area contributed by atoms with Gasteiger partial charge in [-0.05, 0) is 51.0 Å². The Balaban J connectivity index is 1.94. The number of carbonyl (C=O) groups excluding carboxylic acids is 2. The second-order valence-corrected chi connectivity index (χ2v) is 6.69. The van der Waals surface area contributed by atoms with Crippen molar-refractivity contribution in [2.24, 2.45) is 0 Å². The number of aliphatic hydroxyl groups excluding tert-OH is 1. The molecule has 1 aromatic heterocycles. The van der Waals surface area contributed by atoms with E-state index in [9.17, 15) is 14.7 Å². The number of H-pyrrole nitrogens is 1. The van der Waals surface area contributed by atoms with Gasteiger partial charge in [-0.3, -0.25) is 4.79 Å². The molecule has 0 aliphatic heterocycles. The minimum atomic E-state index is -0.698. The zero-order valence-corrected chi connectivity index (χ0v) is 16.0. The van der Waals surface area contributed by atoms with Crippen molar-refractivity contribution in [3.8, 4) is 0 Å². The molecule has 0 radical (unpaired) electrons. The summed E-state index contributed by atoms with van der Waals surface area (Å²) in [6.45, 7) is 6.57. The highest BCUT2D eigenvalue weighted by Gasteiger charge is 2.21. The maximum Gasteiger partial charge on any atom is 0.355 e. The molecular formula is C19H23ClN2O4. The van der Waals surface area contributed by atoms with Gasteiger partial charge in [0, 0.05) is 16.3 Å². The Bertz CT molecular complexity index is 797. The lowest BCUT2D eigenvalue weighted by Gasteiger charge is -2.14. The van der Waals surface area contributed by atoms with Gasteiger partial charge in [0.1, 0.15) is 5.69 Å². The van der Waals surface area contributed by atoms with E-state index in [0.29, 0.717) is 21.8 Å². The number of amides is 1. The van der Waals surface area contributed by atoms with E-state index in [1.165, 1.54) is 0 Å². The molecule has 1 aromatic carbocycles. The van der Waals surface area contributed by atoms with Crippen LogP contribution in [0.25, 0.3) is 0 Å². The van der Waals surface area contributed by atoms with Crippen LogP contribution in [-0.4, -0.2) is 28.6 Å². The average molecular weight is 379 g/mol. The van der Waals surface area contributed by atoms with E-state index >= 15 is 0 Å². The van der Waals surface area contributed by atoms with Crippen molar-refractivity contribution < 1.29 is 19.4 Å². The summed E-state index contributed by atoms with van der Waals surface area (Å²) in [4.78, 5) is 27.2. The summed E-state index contributed by atoms with van der Waals surface area (Å²) in [5.41, 5.74) is 3.13. The zero-order valence-electron chi connectivity index (χ0n) is 15.2. The first kappa shape index (κ1) is 20.0. The number of carbonyl (C=O) groups is 2. The number of esters is 1. The molecule has 140 valence electrons. The van der Waals surface area contributed by atoms with Crippen molar-refractivity contribution in [3.05, 3.63) is 57.4 Å². The normalized spacial score (nSPS) is 13.2. The molecule has 2 rings (SSSR count). The van der Waals surface area contributed by atoms with E-state index in [2.05, 4.69) is 10.3 Å². The lowest BCUT2D eigenvalue weighted by Crippen LogP contribution is -2.31. The van der Waals surface area contributed by atoms with Crippen molar-refractivity contribution in [2.45, 2.75) is 39.8 Å². The first-order chi connectivity index (χ1) is 12.2. The fourth-order valence-electron chi connectivity index (χ4n) is 2.92. The lowest BCUT2D eigenvalue weighted by molar-refractivity contribution is -0.124. The summed E-state index contributed by atoms with van der Waals surface area (Å²) in [5.74, 6) is -1.04. The molecule has 1 heterocycles. The molecule has 2 atom stereocenters. The molecule has 0 spiro atoms. The standard InChI is InChI=1S/C19H23ClN2O4/c1-10-17(13(4)23)12(3)22-18(10)19(25)26-9-16(24)21-11(2)14-5-7-15(20)8-6-14/h5-8,11,13,22-23H,9H2,1-4H3,(H,21,24)/t11-,13-/m1/s1. The van der Waals surface area contributed by atoms with Crippen LogP contribution in [0.15, 0.2) is 24.3 Å². The Morgan fingerprint density at radius 2 is 1.85 bits per heavy atom. The van der Waals surface area contributed by atoms with Crippen LogP contribution in [0.5, 0.6) is 0 Å². The fourth-order valence-corrected chi connectivity index (χ4v) is 3.04. The molecular weight excluding hydrogens is 356 g/mol. The van der Waals surface area contributed by atoms with Crippen LogP contribution >= 0.6 is 11.6 Å². The van der Waals surface area contributed by atoms with E-state index < -0.39 is 24.6 Å². The van der Waals surface area contributed by atoms with Crippen molar-refractivity contribution >= 4 is 23.5 Å². The zero-order chi connectivity index (χ0) is 19.4. The first-order valence-electron chi connectivity index (χ1n) is 8.29. The van der Waals surface area contributed by atoms with Gasteiger partial charge in [0.15, 0.2) is 6.61 Å². The predicted molar refractivity (Wildman–Crippen MR) is 99.2 cm³/mol. The topological polar surface area (TPSA) is 91.4 Å². The van der Waals surface area contributed by atoms with Gasteiger partial charge in [0.05, 0.1) is 12.1 Å². The smallest absolute Gasteiger partial charge is 0.355 e. The SMILES string of the molecule is Cc1[nH]c(C(=O)OCC(=O)N[C@H](C)c2ccc(Cl)cc2)c(C)c1[C@@H](C)O. The molecule has 0 unspecified atom stereocenters. The molecule has 1 amide bonds. The number of benzene rings is 1. The minimum absolute atomic E-state index is 0.241. The second-order valence-electron chi connectivity index (χ2n) is 6.26. The molecule has 26 heavy (non-hydrogen) atoms. The van der Waals surface area contributed by atoms with Crippen molar-refractivity contribution in [2.75, 3.05) is 6.61 Å². The van der Waals surface area contributed by atoms with Crippen LogP contribution < -0.4 is 5.32 Å². The fraction of sp³-hybridized carbons (Fsp3) is 0.368. The number of halogens is 1. The number of aliphatic hydroxyl groups is 1. The van der Waals surface area contributed by atoms with Gasteiger partial charge in [-0.25, -0.2) is 4.79 Å². The second kappa shape index (κ2) is 8.38. The molecule has 7 heteroatoms. The first-order valence-corrected chi connectivity index (χ1v) is 8.67. The van der Waals surface area contributed by atoms with Crippen molar-refractivity contribution in [1.82, 2.24) is 10.3 Å². The lowest BCUT2D eigenvalue weighted by atomic mass is 10.1. The molecule has 3 N–H and O–H groups in total. The Hall–Kier alpha value is -2.31. The highest BCUT2D eigenvalue weighted by Crippen LogP contribution is 2.24. The molecule has 0 saturated heterocycles.